The molecule has 1 amide bonds. The topological polar surface area (TPSA) is 63.9 Å². The normalized spacial score (nSPS) is 20.2. The second-order valence-electron chi connectivity index (χ2n) is 7.80. The third-order valence-corrected chi connectivity index (χ3v) is 6.34. The number of nitrogens with zero attached hydrogens (tertiary/aromatic N) is 5. The van der Waals surface area contributed by atoms with E-state index in [1.165, 1.54) is 4.90 Å². The molecule has 1 fully saturated rings. The molecule has 2 unspecified atom stereocenters. The predicted molar refractivity (Wildman–Crippen MR) is 106 cm³/mol. The van der Waals surface area contributed by atoms with Gasteiger partial charge in [-0.3, -0.25) is 9.78 Å². The number of benzene rings is 1. The maximum absolute atomic E-state index is 13.9. The molecule has 4 heterocycles. The van der Waals surface area contributed by atoms with Crippen LogP contribution >= 0.6 is 11.6 Å². The van der Waals surface area contributed by atoms with Gasteiger partial charge in [0.2, 0.25) is 0 Å². The van der Waals surface area contributed by atoms with Crippen molar-refractivity contribution in [1.82, 2.24) is 24.6 Å². The Morgan fingerprint density at radius 2 is 1.94 bits per heavy atom. The lowest BCUT2D eigenvalue weighted by atomic mass is 9.90. The van der Waals surface area contributed by atoms with Crippen molar-refractivity contribution >= 4 is 17.5 Å². The number of hydrogen-bond acceptors (Lipinski definition) is 4. The largest absolute Gasteiger partial charge is 0.420 e. The van der Waals surface area contributed by atoms with E-state index in [4.69, 9.17) is 11.6 Å². The first-order chi connectivity index (χ1) is 15.3. The summed E-state index contributed by atoms with van der Waals surface area (Å²) >= 11 is 5.90. The summed E-state index contributed by atoms with van der Waals surface area (Å²) in [5.74, 6) is -1.07. The van der Waals surface area contributed by atoms with E-state index >= 15 is 0 Å². The van der Waals surface area contributed by atoms with E-state index in [9.17, 15) is 22.4 Å². The van der Waals surface area contributed by atoms with Gasteiger partial charge < -0.3 is 9.47 Å². The van der Waals surface area contributed by atoms with Gasteiger partial charge in [-0.1, -0.05) is 17.7 Å². The smallest absolute Gasteiger partial charge is 0.324 e. The standard InChI is InChI=1S/C21H16ClF4N5O/c22-17-12(7-8-13(23)16(17)21(24,25)26)20(32)31-11-4-3-6-15(31)19-29-28-18(30(19)10-11)14-5-1-2-9-27-14/h1-2,5,7-9,11,15H,3-4,6,10H2. The van der Waals surface area contributed by atoms with E-state index in [0.717, 1.165) is 12.5 Å². The number of carbonyl (C=O) groups excluding carboxylic acids is 1. The van der Waals surface area contributed by atoms with Crippen molar-refractivity contribution in [2.75, 3.05) is 0 Å². The molecule has 0 radical (unpaired) electrons. The highest BCUT2D eigenvalue weighted by Crippen LogP contribution is 2.43. The Labute approximate surface area is 184 Å². The van der Waals surface area contributed by atoms with Crippen molar-refractivity contribution in [3.63, 3.8) is 0 Å². The quantitative estimate of drug-likeness (QED) is 0.505. The molecular formula is C21H16ClF4N5O. The van der Waals surface area contributed by atoms with Crippen molar-refractivity contribution in [2.24, 2.45) is 0 Å². The highest BCUT2D eigenvalue weighted by atomic mass is 35.5. The fourth-order valence-electron chi connectivity index (χ4n) is 4.57. The summed E-state index contributed by atoms with van der Waals surface area (Å²) in [5, 5.41) is 7.61. The molecule has 0 saturated carbocycles. The van der Waals surface area contributed by atoms with Crippen LogP contribution in [0, 0.1) is 5.82 Å². The molecule has 0 spiro atoms. The van der Waals surface area contributed by atoms with E-state index in [2.05, 4.69) is 15.2 Å². The van der Waals surface area contributed by atoms with Crippen LogP contribution in [-0.2, 0) is 12.7 Å². The number of piperidine rings is 1. The molecule has 6 nitrogen and oxygen atoms in total. The van der Waals surface area contributed by atoms with Gasteiger partial charge in [0.05, 0.1) is 22.7 Å². The minimum Gasteiger partial charge on any atom is -0.324 e. The number of halogens is 5. The lowest BCUT2D eigenvalue weighted by Crippen LogP contribution is -2.52. The van der Waals surface area contributed by atoms with E-state index in [1.54, 1.807) is 12.3 Å². The molecule has 2 aliphatic rings. The van der Waals surface area contributed by atoms with Crippen LogP contribution in [0.4, 0.5) is 17.6 Å². The van der Waals surface area contributed by atoms with Crippen LogP contribution in [0.25, 0.3) is 11.5 Å². The van der Waals surface area contributed by atoms with E-state index in [1.807, 2.05) is 16.7 Å². The van der Waals surface area contributed by atoms with Gasteiger partial charge in [0, 0.05) is 12.7 Å². The number of alkyl halides is 3. The molecule has 5 rings (SSSR count). The highest BCUT2D eigenvalue weighted by molar-refractivity contribution is 6.34. The first-order valence-electron chi connectivity index (χ1n) is 9.99. The second kappa shape index (κ2) is 7.54. The maximum atomic E-state index is 13.9. The molecular weight excluding hydrogens is 450 g/mol. The van der Waals surface area contributed by atoms with Crippen LogP contribution in [0.1, 0.15) is 47.1 Å². The van der Waals surface area contributed by atoms with Crippen molar-refractivity contribution in [1.29, 1.82) is 0 Å². The minimum atomic E-state index is -5.02. The molecule has 3 aromatic rings. The Morgan fingerprint density at radius 1 is 1.12 bits per heavy atom. The van der Waals surface area contributed by atoms with Gasteiger partial charge in [-0.25, -0.2) is 4.39 Å². The molecule has 0 N–H and O–H groups in total. The van der Waals surface area contributed by atoms with Gasteiger partial charge in [-0.15, -0.1) is 10.2 Å². The van der Waals surface area contributed by atoms with Crippen LogP contribution in [0.15, 0.2) is 36.5 Å². The lowest BCUT2D eigenvalue weighted by molar-refractivity contribution is -0.139. The second-order valence-corrected chi connectivity index (χ2v) is 8.18. The van der Waals surface area contributed by atoms with Gasteiger partial charge in [0.1, 0.15) is 17.1 Å². The Hall–Kier alpha value is -3.01. The first-order valence-corrected chi connectivity index (χ1v) is 10.4. The fraction of sp³-hybridized carbons (Fsp3) is 0.333. The number of amides is 1. The molecule has 2 aliphatic heterocycles. The van der Waals surface area contributed by atoms with Gasteiger partial charge in [-0.05, 0) is 43.5 Å². The van der Waals surface area contributed by atoms with E-state index in [0.29, 0.717) is 42.8 Å². The number of aromatic nitrogens is 4. The number of rotatable bonds is 2. The third-order valence-electron chi connectivity index (χ3n) is 5.95. The molecule has 11 heteroatoms. The number of fused-ring (bicyclic) bond motifs is 4. The van der Waals surface area contributed by atoms with Gasteiger partial charge >= 0.3 is 6.18 Å². The van der Waals surface area contributed by atoms with Gasteiger partial charge in [-0.2, -0.15) is 13.2 Å². The highest BCUT2D eigenvalue weighted by Gasteiger charge is 2.45. The van der Waals surface area contributed by atoms with Gasteiger partial charge in [0.25, 0.3) is 5.91 Å². The Balaban J connectivity index is 1.56. The lowest BCUT2D eigenvalue weighted by Gasteiger charge is -2.45. The first kappa shape index (κ1) is 20.9. The van der Waals surface area contributed by atoms with Crippen LogP contribution in [0.5, 0.6) is 0 Å². The number of carbonyl (C=O) groups is 1. The van der Waals surface area contributed by atoms with Crippen LogP contribution < -0.4 is 0 Å². The molecule has 32 heavy (non-hydrogen) atoms. The Morgan fingerprint density at radius 3 is 2.66 bits per heavy atom. The molecule has 166 valence electrons. The average molecular weight is 466 g/mol. The molecule has 2 atom stereocenters. The molecule has 2 bridgehead atoms. The summed E-state index contributed by atoms with van der Waals surface area (Å²) in [6.45, 7) is 0.376. The summed E-state index contributed by atoms with van der Waals surface area (Å²) in [6, 6.07) is 6.29. The Bertz CT molecular complexity index is 1200. The third kappa shape index (κ3) is 3.24. The van der Waals surface area contributed by atoms with Crippen molar-refractivity contribution in [2.45, 2.75) is 44.1 Å². The van der Waals surface area contributed by atoms with Crippen LogP contribution in [-0.4, -0.2) is 36.6 Å². The van der Waals surface area contributed by atoms with Crippen LogP contribution in [0.3, 0.4) is 0 Å². The predicted octanol–water partition coefficient (Wildman–Crippen LogP) is 4.90. The Kier molecular flexibility index (Phi) is 4.92. The van der Waals surface area contributed by atoms with Gasteiger partial charge in [0.15, 0.2) is 11.6 Å². The fourth-order valence-corrected chi connectivity index (χ4v) is 4.91. The zero-order valence-corrected chi connectivity index (χ0v) is 17.2. The summed E-state index contributed by atoms with van der Waals surface area (Å²) < 4.78 is 55.7. The minimum absolute atomic E-state index is 0.289. The zero-order valence-electron chi connectivity index (χ0n) is 16.5. The monoisotopic (exact) mass is 465 g/mol. The molecule has 2 aromatic heterocycles. The van der Waals surface area contributed by atoms with Crippen LogP contribution in [0.2, 0.25) is 5.02 Å². The summed E-state index contributed by atoms with van der Waals surface area (Å²) in [5.41, 5.74) is -1.37. The number of hydrogen-bond donors (Lipinski definition) is 0. The summed E-state index contributed by atoms with van der Waals surface area (Å²) in [4.78, 5) is 19.2. The number of pyridine rings is 1. The SMILES string of the molecule is O=C(c1ccc(F)c(C(F)(F)F)c1Cl)N1C2CCCC1c1nnc(-c3ccccn3)n1C2. The molecule has 0 aliphatic carbocycles. The van der Waals surface area contributed by atoms with Crippen molar-refractivity contribution in [3.05, 3.63) is 64.3 Å². The van der Waals surface area contributed by atoms with E-state index < -0.39 is 34.5 Å². The summed E-state index contributed by atoms with van der Waals surface area (Å²) in [6.07, 6.45) is -1.31. The van der Waals surface area contributed by atoms with Crippen molar-refractivity contribution in [3.8, 4) is 11.5 Å². The zero-order chi connectivity index (χ0) is 22.6. The average Bonchev–Trinajstić information content (AvgIpc) is 3.16. The maximum Gasteiger partial charge on any atom is 0.420 e. The van der Waals surface area contributed by atoms with E-state index in [-0.39, 0.29) is 11.6 Å². The molecule has 1 aromatic carbocycles. The van der Waals surface area contributed by atoms with Crippen molar-refractivity contribution < 1.29 is 22.4 Å². The molecule has 1 saturated heterocycles. The summed E-state index contributed by atoms with van der Waals surface area (Å²) in [7, 11) is 0.